The molecule has 27 heavy (non-hydrogen) atoms. The number of ether oxygens (including phenoxy) is 1. The summed E-state index contributed by atoms with van der Waals surface area (Å²) in [6.07, 6.45) is 0. The van der Waals surface area contributed by atoms with Crippen LogP contribution in [0.3, 0.4) is 0 Å². The van der Waals surface area contributed by atoms with E-state index in [1.807, 2.05) is 67.6 Å². The SMILES string of the molecule is C[C@H](NC(=O)CN1CCN(CCOc2ccccc2)CC1)c1ccccc1. The molecule has 1 atom stereocenters. The van der Waals surface area contributed by atoms with E-state index in [9.17, 15) is 4.79 Å². The predicted octanol–water partition coefficient (Wildman–Crippen LogP) is 2.56. The number of benzene rings is 2. The van der Waals surface area contributed by atoms with Crippen LogP contribution in [-0.4, -0.2) is 61.6 Å². The van der Waals surface area contributed by atoms with Crippen molar-refractivity contribution in [2.45, 2.75) is 13.0 Å². The van der Waals surface area contributed by atoms with Gasteiger partial charge in [-0.3, -0.25) is 14.6 Å². The number of carbonyl (C=O) groups excluding carboxylic acids is 1. The van der Waals surface area contributed by atoms with Gasteiger partial charge in [0.05, 0.1) is 12.6 Å². The molecule has 2 aromatic carbocycles. The molecule has 3 rings (SSSR count). The Balaban J connectivity index is 1.32. The van der Waals surface area contributed by atoms with Crippen molar-refractivity contribution in [2.24, 2.45) is 0 Å². The summed E-state index contributed by atoms with van der Waals surface area (Å²) in [4.78, 5) is 16.9. The van der Waals surface area contributed by atoms with Crippen LogP contribution in [0.4, 0.5) is 0 Å². The van der Waals surface area contributed by atoms with Crippen LogP contribution in [0.15, 0.2) is 60.7 Å². The van der Waals surface area contributed by atoms with Crippen LogP contribution in [-0.2, 0) is 4.79 Å². The number of nitrogens with zero attached hydrogens (tertiary/aromatic N) is 2. The summed E-state index contributed by atoms with van der Waals surface area (Å²) >= 11 is 0. The van der Waals surface area contributed by atoms with E-state index in [2.05, 4.69) is 15.1 Å². The lowest BCUT2D eigenvalue weighted by atomic mass is 10.1. The maximum absolute atomic E-state index is 12.3. The van der Waals surface area contributed by atoms with Gasteiger partial charge in [0.1, 0.15) is 12.4 Å². The summed E-state index contributed by atoms with van der Waals surface area (Å²) in [5.74, 6) is 1.01. The minimum absolute atomic E-state index is 0.0372. The molecule has 5 heteroatoms. The summed E-state index contributed by atoms with van der Waals surface area (Å²) in [5.41, 5.74) is 1.13. The molecule has 0 bridgehead atoms. The molecule has 144 valence electrons. The van der Waals surface area contributed by atoms with E-state index in [4.69, 9.17) is 4.74 Å². The number of piperazine rings is 1. The van der Waals surface area contributed by atoms with Crippen molar-refractivity contribution in [1.82, 2.24) is 15.1 Å². The highest BCUT2D eigenvalue weighted by Gasteiger charge is 2.19. The molecule has 0 aromatic heterocycles. The Bertz CT molecular complexity index is 685. The molecule has 0 radical (unpaired) electrons. The van der Waals surface area contributed by atoms with Crippen LogP contribution in [0.1, 0.15) is 18.5 Å². The maximum Gasteiger partial charge on any atom is 0.234 e. The molecule has 0 saturated carbocycles. The average molecular weight is 367 g/mol. The van der Waals surface area contributed by atoms with Crippen LogP contribution in [0.5, 0.6) is 5.75 Å². The number of carbonyl (C=O) groups is 1. The predicted molar refractivity (Wildman–Crippen MR) is 108 cm³/mol. The minimum atomic E-state index is 0.0372. The molecule has 0 spiro atoms. The third kappa shape index (κ3) is 6.38. The maximum atomic E-state index is 12.3. The van der Waals surface area contributed by atoms with Crippen LogP contribution >= 0.6 is 0 Å². The highest BCUT2D eigenvalue weighted by atomic mass is 16.5. The third-order valence-electron chi connectivity index (χ3n) is 4.93. The fraction of sp³-hybridized carbons (Fsp3) is 0.409. The third-order valence-corrected chi connectivity index (χ3v) is 4.93. The lowest BCUT2D eigenvalue weighted by Crippen LogP contribution is -2.50. The largest absolute Gasteiger partial charge is 0.492 e. The zero-order chi connectivity index (χ0) is 18.9. The molecule has 1 aliphatic rings. The van der Waals surface area contributed by atoms with Gasteiger partial charge in [0.2, 0.25) is 5.91 Å². The van der Waals surface area contributed by atoms with Crippen molar-refractivity contribution >= 4 is 5.91 Å². The van der Waals surface area contributed by atoms with Gasteiger partial charge in [-0.25, -0.2) is 0 Å². The zero-order valence-corrected chi connectivity index (χ0v) is 16.0. The van der Waals surface area contributed by atoms with Crippen LogP contribution in [0.25, 0.3) is 0 Å². The highest BCUT2D eigenvalue weighted by Crippen LogP contribution is 2.11. The standard InChI is InChI=1S/C22H29N3O2/c1-19(20-8-4-2-5-9-20)23-22(26)18-25-14-12-24(13-15-25)16-17-27-21-10-6-3-7-11-21/h2-11,19H,12-18H2,1H3,(H,23,26)/t19-/m0/s1. The topological polar surface area (TPSA) is 44.8 Å². The van der Waals surface area contributed by atoms with E-state index in [0.29, 0.717) is 13.2 Å². The fourth-order valence-electron chi connectivity index (χ4n) is 3.30. The van der Waals surface area contributed by atoms with E-state index in [-0.39, 0.29) is 11.9 Å². The first-order valence-corrected chi connectivity index (χ1v) is 9.67. The van der Waals surface area contributed by atoms with Gasteiger partial charge in [-0.05, 0) is 24.6 Å². The van der Waals surface area contributed by atoms with Crippen molar-refractivity contribution in [3.63, 3.8) is 0 Å². The normalized spacial score (nSPS) is 16.6. The van der Waals surface area contributed by atoms with Gasteiger partial charge in [-0.2, -0.15) is 0 Å². The molecule has 1 aliphatic heterocycles. The van der Waals surface area contributed by atoms with E-state index in [1.165, 1.54) is 0 Å². The summed E-state index contributed by atoms with van der Waals surface area (Å²) < 4.78 is 5.77. The monoisotopic (exact) mass is 367 g/mol. The van der Waals surface area contributed by atoms with E-state index >= 15 is 0 Å². The van der Waals surface area contributed by atoms with Crippen molar-refractivity contribution in [3.05, 3.63) is 66.2 Å². The fourth-order valence-corrected chi connectivity index (χ4v) is 3.30. The molecule has 1 N–H and O–H groups in total. The number of rotatable bonds is 8. The molecular weight excluding hydrogens is 338 g/mol. The van der Waals surface area contributed by atoms with Crippen LogP contribution in [0, 0.1) is 0 Å². The molecule has 1 fully saturated rings. The Kier molecular flexibility index (Phi) is 7.25. The molecule has 2 aromatic rings. The van der Waals surface area contributed by atoms with Gasteiger partial charge in [-0.15, -0.1) is 0 Å². The smallest absolute Gasteiger partial charge is 0.234 e. The quantitative estimate of drug-likeness (QED) is 0.779. The molecule has 1 heterocycles. The van der Waals surface area contributed by atoms with E-state index in [1.54, 1.807) is 0 Å². The van der Waals surface area contributed by atoms with Gasteiger partial charge in [-0.1, -0.05) is 48.5 Å². The summed E-state index contributed by atoms with van der Waals surface area (Å²) in [6, 6.07) is 20.0. The first kappa shape index (κ1) is 19.4. The first-order chi connectivity index (χ1) is 13.2. The van der Waals surface area contributed by atoms with Gasteiger partial charge in [0, 0.05) is 32.7 Å². The second-order valence-corrected chi connectivity index (χ2v) is 6.98. The summed E-state index contributed by atoms with van der Waals surface area (Å²) in [5, 5.41) is 3.09. The molecule has 0 aliphatic carbocycles. The first-order valence-electron chi connectivity index (χ1n) is 9.67. The Morgan fingerprint density at radius 2 is 1.56 bits per heavy atom. The highest BCUT2D eigenvalue weighted by molar-refractivity contribution is 5.78. The Hall–Kier alpha value is -2.37. The van der Waals surface area contributed by atoms with E-state index in [0.717, 1.165) is 44.0 Å². The molecular formula is C22H29N3O2. The average Bonchev–Trinajstić information content (AvgIpc) is 2.71. The number of amides is 1. The van der Waals surface area contributed by atoms with Gasteiger partial charge in [0.15, 0.2) is 0 Å². The number of hydrogen-bond acceptors (Lipinski definition) is 4. The van der Waals surface area contributed by atoms with Gasteiger partial charge >= 0.3 is 0 Å². The van der Waals surface area contributed by atoms with Gasteiger partial charge < -0.3 is 10.1 Å². The molecule has 1 saturated heterocycles. The van der Waals surface area contributed by atoms with Crippen molar-refractivity contribution in [3.8, 4) is 5.75 Å². The zero-order valence-electron chi connectivity index (χ0n) is 16.0. The van der Waals surface area contributed by atoms with Crippen molar-refractivity contribution in [1.29, 1.82) is 0 Å². The lowest BCUT2D eigenvalue weighted by Gasteiger charge is -2.34. The molecule has 0 unspecified atom stereocenters. The Morgan fingerprint density at radius 3 is 2.22 bits per heavy atom. The Labute approximate surface area is 161 Å². The number of hydrogen-bond donors (Lipinski definition) is 1. The number of para-hydroxylation sites is 1. The lowest BCUT2D eigenvalue weighted by molar-refractivity contribution is -0.123. The van der Waals surface area contributed by atoms with Crippen LogP contribution in [0.2, 0.25) is 0 Å². The molecule has 1 amide bonds. The van der Waals surface area contributed by atoms with E-state index < -0.39 is 0 Å². The minimum Gasteiger partial charge on any atom is -0.492 e. The second kappa shape index (κ2) is 10.1. The summed E-state index contributed by atoms with van der Waals surface area (Å²) in [6.45, 7) is 7.87. The van der Waals surface area contributed by atoms with Crippen molar-refractivity contribution < 1.29 is 9.53 Å². The van der Waals surface area contributed by atoms with Crippen molar-refractivity contribution in [2.75, 3.05) is 45.9 Å². The van der Waals surface area contributed by atoms with Crippen LogP contribution < -0.4 is 10.1 Å². The second-order valence-electron chi connectivity index (χ2n) is 6.98. The summed E-state index contributed by atoms with van der Waals surface area (Å²) in [7, 11) is 0. The number of nitrogens with one attached hydrogen (secondary N) is 1. The Morgan fingerprint density at radius 1 is 0.963 bits per heavy atom. The molecule has 5 nitrogen and oxygen atoms in total. The van der Waals surface area contributed by atoms with Gasteiger partial charge in [0.25, 0.3) is 0 Å².